The van der Waals surface area contributed by atoms with Gasteiger partial charge in [-0.3, -0.25) is 4.79 Å². The second kappa shape index (κ2) is 7.15. The second-order valence-electron chi connectivity index (χ2n) is 5.04. The van der Waals surface area contributed by atoms with Gasteiger partial charge in [-0.25, -0.2) is 4.98 Å². The number of pyridine rings is 1. The SMILES string of the molecule is COc1ccc(C(=O)N2CCSC(c3cccs3)CC2)cn1. The highest BCUT2D eigenvalue weighted by Gasteiger charge is 2.23. The van der Waals surface area contributed by atoms with Gasteiger partial charge in [-0.05, 0) is 23.9 Å². The minimum absolute atomic E-state index is 0.0579. The van der Waals surface area contributed by atoms with E-state index in [2.05, 4.69) is 22.5 Å². The standard InChI is InChI=1S/C16H18N2O2S2/c1-20-15-5-4-12(11-17-15)16(19)18-7-6-14(22-10-8-18)13-3-2-9-21-13/h2-5,9,11,14H,6-8,10H2,1H3. The van der Waals surface area contributed by atoms with E-state index in [9.17, 15) is 4.79 Å². The summed E-state index contributed by atoms with van der Waals surface area (Å²) in [6.07, 6.45) is 2.59. The molecule has 22 heavy (non-hydrogen) atoms. The van der Waals surface area contributed by atoms with E-state index in [1.807, 2.05) is 16.7 Å². The second-order valence-corrected chi connectivity index (χ2v) is 7.33. The van der Waals surface area contributed by atoms with Gasteiger partial charge in [-0.1, -0.05) is 6.07 Å². The third-order valence-electron chi connectivity index (χ3n) is 3.68. The van der Waals surface area contributed by atoms with Crippen LogP contribution in [0.2, 0.25) is 0 Å². The van der Waals surface area contributed by atoms with Crippen LogP contribution in [0.1, 0.15) is 26.9 Å². The van der Waals surface area contributed by atoms with Gasteiger partial charge in [0.25, 0.3) is 5.91 Å². The molecule has 2 aromatic rings. The maximum absolute atomic E-state index is 12.6. The minimum Gasteiger partial charge on any atom is -0.481 e. The molecule has 0 spiro atoms. The Bertz CT molecular complexity index is 614. The van der Waals surface area contributed by atoms with Crippen LogP contribution in [0.15, 0.2) is 35.8 Å². The van der Waals surface area contributed by atoms with Gasteiger partial charge in [0.1, 0.15) is 0 Å². The molecule has 3 heterocycles. The third-order valence-corrected chi connectivity index (χ3v) is 6.13. The Morgan fingerprint density at radius 1 is 1.36 bits per heavy atom. The highest BCUT2D eigenvalue weighted by molar-refractivity contribution is 7.99. The highest BCUT2D eigenvalue weighted by Crippen LogP contribution is 2.36. The first kappa shape index (κ1) is 15.4. The van der Waals surface area contributed by atoms with Crippen LogP contribution in [0.3, 0.4) is 0 Å². The molecule has 2 aromatic heterocycles. The van der Waals surface area contributed by atoms with E-state index < -0.39 is 0 Å². The number of thiophene rings is 1. The smallest absolute Gasteiger partial charge is 0.255 e. The van der Waals surface area contributed by atoms with Crippen molar-refractivity contribution >= 4 is 29.0 Å². The van der Waals surface area contributed by atoms with Crippen molar-refractivity contribution in [2.75, 3.05) is 26.0 Å². The highest BCUT2D eigenvalue weighted by atomic mass is 32.2. The van der Waals surface area contributed by atoms with Crippen LogP contribution in [0.5, 0.6) is 5.88 Å². The molecule has 1 saturated heterocycles. The molecule has 116 valence electrons. The summed E-state index contributed by atoms with van der Waals surface area (Å²) >= 11 is 3.75. The van der Waals surface area contributed by atoms with E-state index in [1.165, 1.54) is 4.88 Å². The lowest BCUT2D eigenvalue weighted by molar-refractivity contribution is 0.0766. The van der Waals surface area contributed by atoms with Gasteiger partial charge in [0.2, 0.25) is 5.88 Å². The fraction of sp³-hybridized carbons (Fsp3) is 0.375. The summed E-state index contributed by atoms with van der Waals surface area (Å²) in [5, 5.41) is 2.62. The molecule has 0 N–H and O–H groups in total. The molecule has 3 rings (SSSR count). The van der Waals surface area contributed by atoms with Crippen molar-refractivity contribution in [3.8, 4) is 5.88 Å². The zero-order valence-corrected chi connectivity index (χ0v) is 14.0. The fourth-order valence-electron chi connectivity index (χ4n) is 2.49. The summed E-state index contributed by atoms with van der Waals surface area (Å²) < 4.78 is 5.03. The van der Waals surface area contributed by atoms with Crippen molar-refractivity contribution in [3.05, 3.63) is 46.3 Å². The first-order valence-corrected chi connectivity index (χ1v) is 9.15. The number of ether oxygens (including phenoxy) is 1. The number of nitrogens with zero attached hydrogens (tertiary/aromatic N) is 2. The molecule has 1 atom stereocenters. The molecule has 0 radical (unpaired) electrons. The Kier molecular flexibility index (Phi) is 5.00. The van der Waals surface area contributed by atoms with Gasteiger partial charge in [-0.15, -0.1) is 11.3 Å². The van der Waals surface area contributed by atoms with Crippen molar-refractivity contribution in [2.24, 2.45) is 0 Å². The molecule has 1 fully saturated rings. The maximum atomic E-state index is 12.6. The normalized spacial score (nSPS) is 18.8. The lowest BCUT2D eigenvalue weighted by Gasteiger charge is -2.20. The van der Waals surface area contributed by atoms with E-state index >= 15 is 0 Å². The Morgan fingerprint density at radius 2 is 2.27 bits per heavy atom. The largest absolute Gasteiger partial charge is 0.481 e. The average Bonchev–Trinajstić information content (AvgIpc) is 2.99. The van der Waals surface area contributed by atoms with Crippen molar-refractivity contribution in [3.63, 3.8) is 0 Å². The predicted octanol–water partition coefficient (Wildman–Crippen LogP) is 3.47. The Balaban J connectivity index is 1.66. The summed E-state index contributed by atoms with van der Waals surface area (Å²) in [5.74, 6) is 1.56. The summed E-state index contributed by atoms with van der Waals surface area (Å²) in [7, 11) is 1.57. The van der Waals surface area contributed by atoms with E-state index in [0.717, 1.165) is 25.3 Å². The number of methoxy groups -OCH3 is 1. The Morgan fingerprint density at radius 3 is 2.95 bits per heavy atom. The molecular weight excluding hydrogens is 316 g/mol. The molecule has 0 aromatic carbocycles. The summed E-state index contributed by atoms with van der Waals surface area (Å²) in [5.41, 5.74) is 0.625. The number of carbonyl (C=O) groups is 1. The number of rotatable bonds is 3. The molecule has 0 saturated carbocycles. The monoisotopic (exact) mass is 334 g/mol. The van der Waals surface area contributed by atoms with Crippen LogP contribution in [-0.2, 0) is 0 Å². The minimum atomic E-state index is 0.0579. The van der Waals surface area contributed by atoms with Crippen LogP contribution in [0.25, 0.3) is 0 Å². The molecule has 1 aliphatic heterocycles. The molecule has 4 nitrogen and oxygen atoms in total. The van der Waals surface area contributed by atoms with E-state index in [4.69, 9.17) is 4.74 Å². The quantitative estimate of drug-likeness (QED) is 0.862. The lowest BCUT2D eigenvalue weighted by Crippen LogP contribution is -2.33. The fourth-order valence-corrected chi connectivity index (χ4v) is 4.72. The predicted molar refractivity (Wildman–Crippen MR) is 90.8 cm³/mol. The molecule has 0 aliphatic carbocycles. The van der Waals surface area contributed by atoms with Crippen LogP contribution >= 0.6 is 23.1 Å². The van der Waals surface area contributed by atoms with Gasteiger partial charge in [-0.2, -0.15) is 11.8 Å². The van der Waals surface area contributed by atoms with Gasteiger partial charge in [0.15, 0.2) is 0 Å². The van der Waals surface area contributed by atoms with Gasteiger partial charge in [0, 0.05) is 41.2 Å². The number of carbonyl (C=O) groups excluding carboxylic acids is 1. The zero-order valence-electron chi connectivity index (χ0n) is 12.4. The van der Waals surface area contributed by atoms with E-state index in [0.29, 0.717) is 16.7 Å². The molecule has 1 amide bonds. The van der Waals surface area contributed by atoms with Crippen LogP contribution < -0.4 is 4.74 Å². The third kappa shape index (κ3) is 3.44. The Hall–Kier alpha value is -1.53. The molecule has 1 unspecified atom stereocenters. The zero-order chi connectivity index (χ0) is 15.4. The summed E-state index contributed by atoms with van der Waals surface area (Å²) in [4.78, 5) is 20.0. The van der Waals surface area contributed by atoms with Gasteiger partial charge < -0.3 is 9.64 Å². The first-order valence-electron chi connectivity index (χ1n) is 7.22. The number of hydrogen-bond acceptors (Lipinski definition) is 5. The summed E-state index contributed by atoms with van der Waals surface area (Å²) in [6.45, 7) is 1.58. The lowest BCUT2D eigenvalue weighted by atomic mass is 10.2. The molecule has 6 heteroatoms. The first-order chi connectivity index (χ1) is 10.8. The molecular formula is C16H18N2O2S2. The van der Waals surface area contributed by atoms with Crippen molar-refractivity contribution in [2.45, 2.75) is 11.7 Å². The molecule has 1 aliphatic rings. The van der Waals surface area contributed by atoms with Crippen molar-refractivity contribution in [1.82, 2.24) is 9.88 Å². The van der Waals surface area contributed by atoms with Crippen molar-refractivity contribution < 1.29 is 9.53 Å². The average molecular weight is 334 g/mol. The number of thioether (sulfide) groups is 1. The van der Waals surface area contributed by atoms with E-state index in [-0.39, 0.29) is 5.91 Å². The number of aromatic nitrogens is 1. The topological polar surface area (TPSA) is 42.4 Å². The maximum Gasteiger partial charge on any atom is 0.255 e. The molecule has 0 bridgehead atoms. The van der Waals surface area contributed by atoms with Crippen molar-refractivity contribution in [1.29, 1.82) is 0 Å². The van der Waals surface area contributed by atoms with Crippen LogP contribution in [0, 0.1) is 0 Å². The Labute approximate surface area is 138 Å². The van der Waals surface area contributed by atoms with Crippen LogP contribution in [-0.4, -0.2) is 41.7 Å². The van der Waals surface area contributed by atoms with Crippen LogP contribution in [0.4, 0.5) is 0 Å². The van der Waals surface area contributed by atoms with Gasteiger partial charge >= 0.3 is 0 Å². The number of hydrogen-bond donors (Lipinski definition) is 0. The van der Waals surface area contributed by atoms with E-state index in [1.54, 1.807) is 36.8 Å². The van der Waals surface area contributed by atoms with Gasteiger partial charge in [0.05, 0.1) is 12.7 Å². The number of amides is 1. The summed E-state index contributed by atoms with van der Waals surface area (Å²) in [6, 6.07) is 7.79.